The highest BCUT2D eigenvalue weighted by atomic mass is 16.2. The predicted octanol–water partition coefficient (Wildman–Crippen LogP) is -0.258. The van der Waals surface area contributed by atoms with Crippen LogP contribution in [0, 0.1) is 0 Å². The number of urea groups is 1. The zero-order valence-electron chi connectivity index (χ0n) is 15.0. The molecule has 0 spiro atoms. The molecule has 0 bridgehead atoms. The normalized spacial score (nSPS) is 15.4. The summed E-state index contributed by atoms with van der Waals surface area (Å²) >= 11 is 0. The van der Waals surface area contributed by atoms with Gasteiger partial charge in [-0.2, -0.15) is 0 Å². The molecule has 136 valence electrons. The minimum absolute atomic E-state index is 0.0733. The van der Waals surface area contributed by atoms with Gasteiger partial charge >= 0.3 is 6.03 Å². The van der Waals surface area contributed by atoms with E-state index in [0.717, 1.165) is 24.2 Å². The maximum Gasteiger partial charge on any atom is 0.321 e. The van der Waals surface area contributed by atoms with Crippen LogP contribution in [0.3, 0.4) is 0 Å². The quantitative estimate of drug-likeness (QED) is 0.459. The molecule has 0 aliphatic heterocycles. The number of likely N-dealkylation sites (N-methyl/N-ethyl adjacent to an activating group) is 1. The van der Waals surface area contributed by atoms with Crippen molar-refractivity contribution in [3.63, 3.8) is 0 Å². The van der Waals surface area contributed by atoms with E-state index < -0.39 is 6.03 Å². The number of carbonyl (C=O) groups excluding carboxylic acids is 3. The highest BCUT2D eigenvalue weighted by molar-refractivity contribution is 5.94. The van der Waals surface area contributed by atoms with Crippen LogP contribution in [0.4, 0.5) is 4.79 Å². The van der Waals surface area contributed by atoms with Gasteiger partial charge in [-0.05, 0) is 46.0 Å². The molecular weight excluding hydrogens is 308 g/mol. The average Bonchev–Trinajstić information content (AvgIpc) is 2.46. The lowest BCUT2D eigenvalue weighted by Gasteiger charge is -2.15. The molecule has 0 aromatic heterocycles. The van der Waals surface area contributed by atoms with Gasteiger partial charge in [0.05, 0.1) is 7.05 Å². The van der Waals surface area contributed by atoms with Crippen LogP contribution < -0.4 is 20.9 Å². The molecule has 1 rings (SSSR count). The van der Waals surface area contributed by atoms with E-state index in [1.807, 2.05) is 13.8 Å². The van der Waals surface area contributed by atoms with E-state index in [0.29, 0.717) is 6.54 Å². The first kappa shape index (κ1) is 20.2. The van der Waals surface area contributed by atoms with Gasteiger partial charge in [-0.25, -0.2) is 4.79 Å². The lowest BCUT2D eigenvalue weighted by atomic mass is 9.97. The van der Waals surface area contributed by atoms with E-state index in [4.69, 9.17) is 0 Å². The summed E-state index contributed by atoms with van der Waals surface area (Å²) in [6, 6.07) is -0.403. The van der Waals surface area contributed by atoms with Crippen LogP contribution in [0.2, 0.25) is 0 Å². The molecule has 4 N–H and O–H groups in total. The molecule has 4 amide bonds. The van der Waals surface area contributed by atoms with E-state index in [-0.39, 0.29) is 30.9 Å². The Kier molecular flexibility index (Phi) is 9.07. The van der Waals surface area contributed by atoms with Crippen molar-refractivity contribution in [2.75, 3.05) is 26.7 Å². The fraction of sp³-hybridized carbons (Fsp3) is 0.706. The minimum atomic E-state index is -0.476. The van der Waals surface area contributed by atoms with Crippen molar-refractivity contribution in [1.82, 2.24) is 16.0 Å². The number of hydrogen-bond acceptors (Lipinski definition) is 3. The number of rotatable bonds is 8. The van der Waals surface area contributed by atoms with E-state index in [1.165, 1.54) is 18.4 Å². The third-order valence-corrected chi connectivity index (χ3v) is 3.74. The summed E-state index contributed by atoms with van der Waals surface area (Å²) in [4.78, 5) is 35.8. The lowest BCUT2D eigenvalue weighted by Crippen LogP contribution is -3.11. The van der Waals surface area contributed by atoms with Crippen LogP contribution in [-0.2, 0) is 9.59 Å². The molecule has 24 heavy (non-hydrogen) atoms. The monoisotopic (exact) mass is 339 g/mol. The standard InChI is InChI=1S/C17H30N4O3/c1-13(2)19-15(22)11-21(3)12-16(23)20-17(24)18-10-9-14-7-5-4-6-8-14/h7,13H,4-6,8-12H2,1-3H3,(H,19,22)(H2,18,20,23,24)/p+1. The molecule has 0 saturated heterocycles. The summed E-state index contributed by atoms with van der Waals surface area (Å²) in [5, 5.41) is 7.77. The van der Waals surface area contributed by atoms with Gasteiger partial charge in [0.25, 0.3) is 11.8 Å². The predicted molar refractivity (Wildman–Crippen MR) is 92.6 cm³/mol. The molecular formula is C17H31N4O3+. The van der Waals surface area contributed by atoms with Gasteiger partial charge in [-0.1, -0.05) is 11.6 Å². The molecule has 1 aliphatic rings. The third kappa shape index (κ3) is 9.29. The molecule has 0 heterocycles. The van der Waals surface area contributed by atoms with Crippen molar-refractivity contribution < 1.29 is 19.3 Å². The number of imide groups is 1. The van der Waals surface area contributed by atoms with Crippen molar-refractivity contribution in [2.24, 2.45) is 0 Å². The second-order valence-electron chi connectivity index (χ2n) is 6.70. The zero-order valence-corrected chi connectivity index (χ0v) is 15.0. The van der Waals surface area contributed by atoms with Gasteiger partial charge in [0.1, 0.15) is 0 Å². The van der Waals surface area contributed by atoms with Gasteiger partial charge in [-0.3, -0.25) is 14.9 Å². The molecule has 0 radical (unpaired) electrons. The number of carbonyl (C=O) groups is 3. The van der Waals surface area contributed by atoms with Crippen LogP contribution in [0.5, 0.6) is 0 Å². The molecule has 0 aromatic carbocycles. The summed E-state index contributed by atoms with van der Waals surface area (Å²) < 4.78 is 0. The molecule has 7 heteroatoms. The van der Waals surface area contributed by atoms with Gasteiger partial charge in [0.15, 0.2) is 13.1 Å². The lowest BCUT2D eigenvalue weighted by molar-refractivity contribution is -0.862. The van der Waals surface area contributed by atoms with Gasteiger partial charge < -0.3 is 15.5 Å². The summed E-state index contributed by atoms with van der Waals surface area (Å²) in [7, 11) is 1.74. The van der Waals surface area contributed by atoms with Gasteiger partial charge in [0, 0.05) is 12.6 Å². The van der Waals surface area contributed by atoms with Crippen LogP contribution in [-0.4, -0.2) is 50.6 Å². The fourth-order valence-corrected chi connectivity index (χ4v) is 2.67. The Balaban J connectivity index is 2.17. The summed E-state index contributed by atoms with van der Waals surface area (Å²) in [6.07, 6.45) is 7.78. The Hall–Kier alpha value is -1.89. The first-order valence-corrected chi connectivity index (χ1v) is 8.73. The van der Waals surface area contributed by atoms with Gasteiger partial charge in [0.2, 0.25) is 0 Å². The molecule has 0 aromatic rings. The number of hydrogen-bond donors (Lipinski definition) is 4. The summed E-state index contributed by atoms with van der Waals surface area (Å²) in [6.45, 7) is 4.57. The molecule has 1 aliphatic carbocycles. The Morgan fingerprint density at radius 3 is 2.50 bits per heavy atom. The van der Waals surface area contributed by atoms with E-state index >= 15 is 0 Å². The van der Waals surface area contributed by atoms with E-state index in [2.05, 4.69) is 22.0 Å². The van der Waals surface area contributed by atoms with Crippen molar-refractivity contribution in [3.8, 4) is 0 Å². The van der Waals surface area contributed by atoms with Crippen molar-refractivity contribution in [1.29, 1.82) is 0 Å². The van der Waals surface area contributed by atoms with Crippen LogP contribution in [0.15, 0.2) is 11.6 Å². The Labute approximate surface area is 144 Å². The SMILES string of the molecule is CC(C)NC(=O)C[NH+](C)CC(=O)NC(=O)NCCC1=CCCCC1. The highest BCUT2D eigenvalue weighted by Gasteiger charge is 2.16. The maximum absolute atomic E-state index is 11.8. The first-order chi connectivity index (χ1) is 11.4. The van der Waals surface area contributed by atoms with E-state index in [1.54, 1.807) is 7.05 Å². The molecule has 1 unspecified atom stereocenters. The summed E-state index contributed by atoms with van der Waals surface area (Å²) in [5.41, 5.74) is 1.38. The Morgan fingerprint density at radius 1 is 1.17 bits per heavy atom. The number of amides is 4. The molecule has 7 nitrogen and oxygen atoms in total. The third-order valence-electron chi connectivity index (χ3n) is 3.74. The molecule has 1 atom stereocenters. The molecule has 0 saturated carbocycles. The average molecular weight is 339 g/mol. The topological polar surface area (TPSA) is 91.7 Å². The molecule has 0 fully saturated rings. The number of quaternary nitrogens is 1. The Bertz CT molecular complexity index is 474. The minimum Gasteiger partial charge on any atom is -0.349 e. The highest BCUT2D eigenvalue weighted by Crippen LogP contribution is 2.19. The zero-order chi connectivity index (χ0) is 17.9. The first-order valence-electron chi connectivity index (χ1n) is 8.73. The van der Waals surface area contributed by atoms with Crippen LogP contribution in [0.1, 0.15) is 46.0 Å². The van der Waals surface area contributed by atoms with Crippen LogP contribution >= 0.6 is 0 Å². The second kappa shape index (κ2) is 10.8. The fourth-order valence-electron chi connectivity index (χ4n) is 2.67. The largest absolute Gasteiger partial charge is 0.349 e. The smallest absolute Gasteiger partial charge is 0.321 e. The van der Waals surface area contributed by atoms with E-state index in [9.17, 15) is 14.4 Å². The van der Waals surface area contributed by atoms with Crippen molar-refractivity contribution >= 4 is 17.8 Å². The Morgan fingerprint density at radius 2 is 1.88 bits per heavy atom. The number of allylic oxidation sites excluding steroid dienone is 1. The van der Waals surface area contributed by atoms with Crippen molar-refractivity contribution in [2.45, 2.75) is 52.0 Å². The number of nitrogens with one attached hydrogen (secondary N) is 4. The second-order valence-corrected chi connectivity index (χ2v) is 6.70. The van der Waals surface area contributed by atoms with Crippen molar-refractivity contribution in [3.05, 3.63) is 11.6 Å². The van der Waals surface area contributed by atoms with Gasteiger partial charge in [-0.15, -0.1) is 0 Å². The maximum atomic E-state index is 11.8. The van der Waals surface area contributed by atoms with Crippen LogP contribution in [0.25, 0.3) is 0 Å². The summed E-state index contributed by atoms with van der Waals surface area (Å²) in [5.74, 6) is -0.500.